The van der Waals surface area contributed by atoms with Gasteiger partial charge < -0.3 is 4.90 Å². The first-order valence-corrected chi connectivity index (χ1v) is 8.16. The van der Waals surface area contributed by atoms with Crippen LogP contribution in [-0.2, 0) is 10.0 Å². The molecule has 0 amide bonds. The highest BCUT2D eigenvalue weighted by molar-refractivity contribution is 7.91. The van der Waals surface area contributed by atoms with Gasteiger partial charge in [-0.1, -0.05) is 6.07 Å². The fourth-order valence-electron chi connectivity index (χ4n) is 2.98. The second-order valence-electron chi connectivity index (χ2n) is 4.87. The van der Waals surface area contributed by atoms with Gasteiger partial charge in [0, 0.05) is 25.2 Å². The minimum absolute atomic E-state index is 0.172. The summed E-state index contributed by atoms with van der Waals surface area (Å²) in [5.41, 5.74) is 0. The highest BCUT2D eigenvalue weighted by Gasteiger charge is 2.46. The quantitative estimate of drug-likeness (QED) is 0.812. The second kappa shape index (κ2) is 4.05. The summed E-state index contributed by atoms with van der Waals surface area (Å²) < 4.78 is 27.3. The molecule has 3 rings (SSSR count). The molecule has 0 N–H and O–H groups in total. The molecule has 0 aromatic carbocycles. The molecular weight excluding hydrogens is 256 g/mol. The Labute approximate surface area is 106 Å². The number of likely N-dealkylation sites (tertiary alicyclic amines) is 1. The molecule has 1 aromatic heterocycles. The van der Waals surface area contributed by atoms with Gasteiger partial charge in [0.2, 0.25) is 0 Å². The van der Waals surface area contributed by atoms with E-state index < -0.39 is 10.0 Å². The lowest BCUT2D eigenvalue weighted by Gasteiger charge is -2.38. The van der Waals surface area contributed by atoms with E-state index in [9.17, 15) is 8.42 Å². The predicted octanol–water partition coefficient (Wildman–Crippen LogP) is 1.22. The highest BCUT2D eigenvalue weighted by atomic mass is 32.2. The number of nitrogens with zero attached hydrogens (tertiary/aromatic N) is 2. The monoisotopic (exact) mass is 272 g/mol. The van der Waals surface area contributed by atoms with Crippen molar-refractivity contribution in [3.05, 3.63) is 17.5 Å². The van der Waals surface area contributed by atoms with E-state index in [0.717, 1.165) is 25.9 Å². The van der Waals surface area contributed by atoms with Crippen molar-refractivity contribution in [1.82, 2.24) is 9.21 Å². The van der Waals surface area contributed by atoms with Crippen LogP contribution in [0.5, 0.6) is 0 Å². The van der Waals surface area contributed by atoms with Crippen LogP contribution in [0.3, 0.4) is 0 Å². The molecule has 3 heterocycles. The topological polar surface area (TPSA) is 40.6 Å². The lowest BCUT2D eigenvalue weighted by Crippen LogP contribution is -2.54. The Morgan fingerprint density at radius 1 is 1.29 bits per heavy atom. The molecule has 2 saturated heterocycles. The number of piperazine rings is 1. The first-order valence-electron chi connectivity index (χ1n) is 5.84. The number of hydrogen-bond acceptors (Lipinski definition) is 4. The largest absolute Gasteiger partial charge is 0.303 e. The van der Waals surface area contributed by atoms with Gasteiger partial charge in [-0.25, -0.2) is 8.42 Å². The molecular formula is C11H16N2O2S2. The van der Waals surface area contributed by atoms with Crippen LogP contribution in [0.4, 0.5) is 0 Å². The average molecular weight is 272 g/mol. The van der Waals surface area contributed by atoms with E-state index in [1.54, 1.807) is 16.4 Å². The minimum Gasteiger partial charge on any atom is -0.303 e. The summed E-state index contributed by atoms with van der Waals surface area (Å²) in [6.07, 6.45) is 2.00. The zero-order valence-electron chi connectivity index (χ0n) is 9.74. The highest BCUT2D eigenvalue weighted by Crippen LogP contribution is 2.35. The molecule has 17 heavy (non-hydrogen) atoms. The van der Waals surface area contributed by atoms with Crippen molar-refractivity contribution in [3.8, 4) is 0 Å². The standard InChI is InChI=1S/C11H16N2O2S2/c1-12-7-9-4-5-10(8-12)13(9)17(14,15)11-3-2-6-16-11/h2-3,6,9-10H,4-5,7-8H2,1H3. The van der Waals surface area contributed by atoms with Crippen LogP contribution in [0.2, 0.25) is 0 Å². The van der Waals surface area contributed by atoms with Crippen LogP contribution in [0.25, 0.3) is 0 Å². The van der Waals surface area contributed by atoms with E-state index in [4.69, 9.17) is 0 Å². The van der Waals surface area contributed by atoms with E-state index in [0.29, 0.717) is 4.21 Å². The smallest absolute Gasteiger partial charge is 0.253 e. The maximum atomic E-state index is 12.5. The summed E-state index contributed by atoms with van der Waals surface area (Å²) in [5.74, 6) is 0. The summed E-state index contributed by atoms with van der Waals surface area (Å²) >= 11 is 1.31. The molecule has 0 aliphatic carbocycles. The van der Waals surface area contributed by atoms with Crippen LogP contribution in [-0.4, -0.2) is 49.8 Å². The number of fused-ring (bicyclic) bond motifs is 2. The molecule has 4 nitrogen and oxygen atoms in total. The van der Waals surface area contributed by atoms with E-state index in [1.807, 2.05) is 5.38 Å². The van der Waals surface area contributed by atoms with Crippen molar-refractivity contribution in [2.45, 2.75) is 29.1 Å². The van der Waals surface area contributed by atoms with Crippen LogP contribution in [0, 0.1) is 0 Å². The van der Waals surface area contributed by atoms with Crippen molar-refractivity contribution in [3.63, 3.8) is 0 Å². The van der Waals surface area contributed by atoms with Crippen LogP contribution in [0.15, 0.2) is 21.7 Å². The van der Waals surface area contributed by atoms with Gasteiger partial charge in [0.15, 0.2) is 0 Å². The summed E-state index contributed by atoms with van der Waals surface area (Å²) in [7, 11) is -1.18. The Morgan fingerprint density at radius 3 is 2.47 bits per heavy atom. The molecule has 2 fully saturated rings. The van der Waals surface area contributed by atoms with Gasteiger partial charge in [0.1, 0.15) is 4.21 Å². The Morgan fingerprint density at radius 2 is 1.94 bits per heavy atom. The van der Waals surface area contributed by atoms with Gasteiger partial charge in [-0.15, -0.1) is 11.3 Å². The Bertz CT molecular complexity index is 484. The molecule has 0 spiro atoms. The van der Waals surface area contributed by atoms with Gasteiger partial charge in [0.05, 0.1) is 0 Å². The number of rotatable bonds is 2. The van der Waals surface area contributed by atoms with E-state index in [-0.39, 0.29) is 12.1 Å². The fraction of sp³-hybridized carbons (Fsp3) is 0.636. The molecule has 2 atom stereocenters. The SMILES string of the molecule is CN1CC2CCC(C1)N2S(=O)(=O)c1cccs1. The van der Waals surface area contributed by atoms with E-state index in [2.05, 4.69) is 11.9 Å². The Balaban J connectivity index is 1.96. The van der Waals surface area contributed by atoms with E-state index >= 15 is 0 Å². The normalized spacial score (nSPS) is 30.9. The van der Waals surface area contributed by atoms with Crippen molar-refractivity contribution >= 4 is 21.4 Å². The lowest BCUT2D eigenvalue weighted by atomic mass is 10.2. The van der Waals surface area contributed by atoms with Crippen LogP contribution < -0.4 is 0 Å². The first kappa shape index (κ1) is 11.6. The van der Waals surface area contributed by atoms with Crippen molar-refractivity contribution in [1.29, 1.82) is 0 Å². The maximum Gasteiger partial charge on any atom is 0.253 e. The molecule has 6 heteroatoms. The lowest BCUT2D eigenvalue weighted by molar-refractivity contribution is 0.154. The number of sulfonamides is 1. The molecule has 2 aliphatic rings. The third-order valence-electron chi connectivity index (χ3n) is 3.62. The molecule has 1 aromatic rings. The van der Waals surface area contributed by atoms with Crippen LogP contribution in [0.1, 0.15) is 12.8 Å². The third kappa shape index (κ3) is 1.83. The summed E-state index contributed by atoms with van der Waals surface area (Å²) in [5, 5.41) is 1.82. The van der Waals surface area contributed by atoms with Gasteiger partial charge in [-0.3, -0.25) is 0 Å². The minimum atomic E-state index is -3.25. The van der Waals surface area contributed by atoms with Gasteiger partial charge in [-0.05, 0) is 31.3 Å². The number of hydrogen-bond donors (Lipinski definition) is 0. The summed E-state index contributed by atoms with van der Waals surface area (Å²) in [4.78, 5) is 2.24. The van der Waals surface area contributed by atoms with E-state index in [1.165, 1.54) is 11.3 Å². The van der Waals surface area contributed by atoms with Crippen molar-refractivity contribution in [2.24, 2.45) is 0 Å². The van der Waals surface area contributed by atoms with Gasteiger partial charge >= 0.3 is 0 Å². The average Bonchev–Trinajstić information content (AvgIpc) is 2.86. The zero-order chi connectivity index (χ0) is 12.0. The van der Waals surface area contributed by atoms with Gasteiger partial charge in [-0.2, -0.15) is 4.31 Å². The van der Waals surface area contributed by atoms with Crippen LogP contribution >= 0.6 is 11.3 Å². The molecule has 2 aliphatic heterocycles. The molecule has 0 radical (unpaired) electrons. The molecule has 2 bridgehead atoms. The number of likely N-dealkylation sites (N-methyl/N-ethyl adjacent to an activating group) is 1. The van der Waals surface area contributed by atoms with Crippen molar-refractivity contribution in [2.75, 3.05) is 20.1 Å². The second-order valence-corrected chi connectivity index (χ2v) is 7.89. The summed E-state index contributed by atoms with van der Waals surface area (Å²) in [6, 6.07) is 3.85. The molecule has 94 valence electrons. The third-order valence-corrected chi connectivity index (χ3v) is 7.00. The van der Waals surface area contributed by atoms with Crippen molar-refractivity contribution < 1.29 is 8.42 Å². The predicted molar refractivity (Wildman–Crippen MR) is 67.7 cm³/mol. The maximum absolute atomic E-state index is 12.5. The molecule has 2 unspecified atom stereocenters. The molecule has 0 saturated carbocycles. The summed E-state index contributed by atoms with van der Waals surface area (Å²) in [6.45, 7) is 1.72. The Hall–Kier alpha value is -0.430. The fourth-order valence-corrected chi connectivity index (χ4v) is 5.93. The number of thiophene rings is 1. The first-order chi connectivity index (χ1) is 8.09. The van der Waals surface area contributed by atoms with Gasteiger partial charge in [0.25, 0.3) is 10.0 Å². The Kier molecular flexibility index (Phi) is 2.77. The zero-order valence-corrected chi connectivity index (χ0v) is 11.4.